The third-order valence-corrected chi connectivity index (χ3v) is 5.10. The molecule has 6 heteroatoms. The molecular weight excluding hydrogens is 357 g/mol. The number of rotatable bonds is 7. The number of likely N-dealkylation sites (N-methyl/N-ethyl adjacent to an activating group) is 1. The van der Waals surface area contributed by atoms with Crippen LogP contribution in [-0.2, 0) is 4.79 Å². The van der Waals surface area contributed by atoms with Gasteiger partial charge >= 0.3 is 0 Å². The van der Waals surface area contributed by atoms with Crippen molar-refractivity contribution < 1.29 is 13.9 Å². The number of methoxy groups -OCH3 is 1. The van der Waals surface area contributed by atoms with Gasteiger partial charge in [-0.1, -0.05) is 26.0 Å². The molecule has 1 heterocycles. The van der Waals surface area contributed by atoms with Crippen molar-refractivity contribution in [2.75, 3.05) is 26.7 Å². The van der Waals surface area contributed by atoms with Crippen LogP contribution in [0.4, 0.5) is 4.39 Å². The fourth-order valence-electron chi connectivity index (χ4n) is 3.35. The van der Waals surface area contributed by atoms with Crippen molar-refractivity contribution in [3.05, 3.63) is 65.5 Å². The van der Waals surface area contributed by atoms with E-state index in [9.17, 15) is 9.18 Å². The van der Waals surface area contributed by atoms with Crippen LogP contribution < -0.4 is 4.74 Å². The molecule has 0 spiro atoms. The Morgan fingerprint density at radius 2 is 1.79 bits per heavy atom. The van der Waals surface area contributed by atoms with Gasteiger partial charge in [-0.05, 0) is 60.6 Å². The summed E-state index contributed by atoms with van der Waals surface area (Å²) in [4.78, 5) is 15.0. The van der Waals surface area contributed by atoms with Crippen LogP contribution in [0.2, 0.25) is 0 Å². The van der Waals surface area contributed by atoms with Crippen molar-refractivity contribution in [1.29, 1.82) is 0 Å². The van der Waals surface area contributed by atoms with E-state index < -0.39 is 0 Å². The lowest BCUT2D eigenvalue weighted by molar-refractivity contribution is -0.134. The van der Waals surface area contributed by atoms with E-state index in [0.717, 1.165) is 35.7 Å². The molecule has 2 aromatic rings. The number of halogens is 1. The Bertz CT molecular complexity index is 830. The van der Waals surface area contributed by atoms with E-state index in [0.29, 0.717) is 13.0 Å². The van der Waals surface area contributed by atoms with Crippen molar-refractivity contribution >= 4 is 11.6 Å². The molecule has 0 aromatic heterocycles. The largest absolute Gasteiger partial charge is 0.497 e. The summed E-state index contributed by atoms with van der Waals surface area (Å²) in [6.07, 6.45) is 0.585. The summed E-state index contributed by atoms with van der Waals surface area (Å²) in [5, 5.41) is 6.22. The molecule has 1 unspecified atom stereocenters. The van der Waals surface area contributed by atoms with Crippen LogP contribution in [0, 0.1) is 5.82 Å². The Kier molecular flexibility index (Phi) is 6.41. The average molecular weight is 383 g/mol. The molecule has 2 aromatic carbocycles. The molecule has 1 amide bonds. The maximum Gasteiger partial charge on any atom is 0.257 e. The quantitative estimate of drug-likeness (QED) is 0.729. The van der Waals surface area contributed by atoms with Gasteiger partial charge in [-0.2, -0.15) is 5.10 Å². The fourth-order valence-corrected chi connectivity index (χ4v) is 3.35. The predicted molar refractivity (Wildman–Crippen MR) is 108 cm³/mol. The predicted octanol–water partition coefficient (Wildman–Crippen LogP) is 3.85. The van der Waals surface area contributed by atoms with Crippen molar-refractivity contribution in [3.8, 4) is 5.75 Å². The van der Waals surface area contributed by atoms with Crippen LogP contribution in [0.5, 0.6) is 5.75 Å². The third-order valence-electron chi connectivity index (χ3n) is 5.10. The van der Waals surface area contributed by atoms with Crippen LogP contribution in [-0.4, -0.2) is 48.3 Å². The molecule has 0 saturated heterocycles. The van der Waals surface area contributed by atoms with E-state index in [2.05, 4.69) is 10.0 Å². The van der Waals surface area contributed by atoms with Gasteiger partial charge in [0.25, 0.3) is 5.91 Å². The zero-order valence-corrected chi connectivity index (χ0v) is 16.6. The fraction of sp³-hybridized carbons (Fsp3) is 0.364. The number of carbonyl (C=O) groups is 1. The second kappa shape index (κ2) is 8.97. The van der Waals surface area contributed by atoms with E-state index in [1.807, 2.05) is 38.1 Å². The van der Waals surface area contributed by atoms with Crippen LogP contribution in [0.25, 0.3) is 0 Å². The molecule has 1 atom stereocenters. The monoisotopic (exact) mass is 383 g/mol. The molecule has 148 valence electrons. The van der Waals surface area contributed by atoms with Crippen molar-refractivity contribution in [2.45, 2.75) is 26.3 Å². The maximum atomic E-state index is 13.4. The summed E-state index contributed by atoms with van der Waals surface area (Å²) in [6, 6.07) is 13.7. The summed E-state index contributed by atoms with van der Waals surface area (Å²) in [6.45, 7) is 5.97. The Balaban J connectivity index is 1.89. The zero-order valence-electron chi connectivity index (χ0n) is 16.6. The zero-order chi connectivity index (χ0) is 20.1. The van der Waals surface area contributed by atoms with Crippen LogP contribution in [0.3, 0.4) is 0 Å². The highest BCUT2D eigenvalue weighted by molar-refractivity contribution is 6.03. The molecule has 3 rings (SSSR count). The number of amides is 1. The standard InChI is InChI=1S/C22H26FN3O2/c1-4-25(5-2)15-22(27)26-21(17-6-10-18(23)11-7-17)14-20(24-26)16-8-12-19(28-3)13-9-16/h6-13,21H,4-5,14-15H2,1-3H3. The van der Waals surface area contributed by atoms with Gasteiger partial charge in [0.05, 0.1) is 25.4 Å². The maximum absolute atomic E-state index is 13.4. The summed E-state index contributed by atoms with van der Waals surface area (Å²) >= 11 is 0. The molecule has 0 saturated carbocycles. The number of hydrogen-bond acceptors (Lipinski definition) is 4. The van der Waals surface area contributed by atoms with E-state index in [-0.39, 0.29) is 17.8 Å². The van der Waals surface area contributed by atoms with E-state index in [1.54, 1.807) is 24.3 Å². The minimum absolute atomic E-state index is 0.0541. The first-order valence-corrected chi connectivity index (χ1v) is 9.57. The Hall–Kier alpha value is -2.73. The lowest BCUT2D eigenvalue weighted by Crippen LogP contribution is -2.38. The number of hydrazone groups is 1. The first kappa shape index (κ1) is 20.0. The first-order chi connectivity index (χ1) is 13.5. The normalized spacial score (nSPS) is 16.4. The number of benzene rings is 2. The average Bonchev–Trinajstić information content (AvgIpc) is 3.18. The SMILES string of the molecule is CCN(CC)CC(=O)N1N=C(c2ccc(OC)cc2)CC1c1ccc(F)cc1. The minimum Gasteiger partial charge on any atom is -0.497 e. The lowest BCUT2D eigenvalue weighted by Gasteiger charge is -2.25. The van der Waals surface area contributed by atoms with Crippen molar-refractivity contribution in [3.63, 3.8) is 0 Å². The van der Waals surface area contributed by atoms with E-state index in [4.69, 9.17) is 4.74 Å². The van der Waals surface area contributed by atoms with Gasteiger partial charge in [0.1, 0.15) is 11.6 Å². The van der Waals surface area contributed by atoms with E-state index >= 15 is 0 Å². The number of ether oxygens (including phenoxy) is 1. The third kappa shape index (κ3) is 4.39. The molecule has 0 radical (unpaired) electrons. The first-order valence-electron chi connectivity index (χ1n) is 9.57. The molecule has 5 nitrogen and oxygen atoms in total. The van der Waals surface area contributed by atoms with Gasteiger partial charge < -0.3 is 4.74 Å². The van der Waals surface area contributed by atoms with Crippen molar-refractivity contribution in [2.24, 2.45) is 5.10 Å². The van der Waals surface area contributed by atoms with E-state index in [1.165, 1.54) is 12.1 Å². The molecule has 1 aliphatic rings. The van der Waals surface area contributed by atoms with Gasteiger partial charge in [-0.25, -0.2) is 9.40 Å². The summed E-state index contributed by atoms with van der Waals surface area (Å²) in [5.41, 5.74) is 2.66. The Morgan fingerprint density at radius 3 is 2.36 bits per heavy atom. The smallest absolute Gasteiger partial charge is 0.257 e. The second-order valence-electron chi connectivity index (χ2n) is 6.75. The molecule has 28 heavy (non-hydrogen) atoms. The second-order valence-corrected chi connectivity index (χ2v) is 6.75. The highest BCUT2D eigenvalue weighted by atomic mass is 19.1. The molecule has 1 aliphatic heterocycles. The van der Waals surface area contributed by atoms with Gasteiger partial charge in [0.15, 0.2) is 0 Å². The van der Waals surface area contributed by atoms with Crippen LogP contribution in [0.1, 0.15) is 37.4 Å². The summed E-state index contributed by atoms with van der Waals surface area (Å²) in [7, 11) is 1.63. The number of nitrogens with zero attached hydrogens (tertiary/aromatic N) is 3. The molecule has 0 fully saturated rings. The topological polar surface area (TPSA) is 45.1 Å². The van der Waals surface area contributed by atoms with Crippen LogP contribution in [0.15, 0.2) is 53.6 Å². The minimum atomic E-state index is -0.293. The molecule has 0 aliphatic carbocycles. The lowest BCUT2D eigenvalue weighted by atomic mass is 9.98. The Morgan fingerprint density at radius 1 is 1.14 bits per heavy atom. The molecular formula is C22H26FN3O2. The summed E-state index contributed by atoms with van der Waals surface area (Å²) in [5.74, 6) is 0.424. The van der Waals surface area contributed by atoms with Gasteiger partial charge in [0.2, 0.25) is 0 Å². The molecule has 0 bridgehead atoms. The number of carbonyl (C=O) groups excluding carboxylic acids is 1. The summed E-state index contributed by atoms with van der Waals surface area (Å²) < 4.78 is 18.6. The molecule has 0 N–H and O–H groups in total. The van der Waals surface area contributed by atoms with Gasteiger partial charge in [0, 0.05) is 6.42 Å². The highest BCUT2D eigenvalue weighted by Gasteiger charge is 2.33. The van der Waals surface area contributed by atoms with Gasteiger partial charge in [-0.3, -0.25) is 9.69 Å². The van der Waals surface area contributed by atoms with Gasteiger partial charge in [-0.15, -0.1) is 0 Å². The van der Waals surface area contributed by atoms with Crippen LogP contribution >= 0.6 is 0 Å². The van der Waals surface area contributed by atoms with Crippen molar-refractivity contribution in [1.82, 2.24) is 9.91 Å². The Labute approximate surface area is 165 Å². The number of hydrogen-bond donors (Lipinski definition) is 0. The highest BCUT2D eigenvalue weighted by Crippen LogP contribution is 2.33.